The van der Waals surface area contributed by atoms with Gasteiger partial charge in [0.2, 0.25) is 5.95 Å². The van der Waals surface area contributed by atoms with Gasteiger partial charge >= 0.3 is 6.03 Å². The van der Waals surface area contributed by atoms with E-state index in [1.54, 1.807) is 31.1 Å². The second kappa shape index (κ2) is 8.96. The van der Waals surface area contributed by atoms with E-state index < -0.39 is 16.1 Å². The molecule has 1 aromatic heterocycles. The first-order chi connectivity index (χ1) is 13.4. The average molecular weight is 440 g/mol. The molecule has 0 radical (unpaired) electrons. The van der Waals surface area contributed by atoms with Crippen LogP contribution in [-0.4, -0.2) is 38.5 Å². The number of carbonyl (C=O) groups is 1. The van der Waals surface area contributed by atoms with Crippen molar-refractivity contribution in [1.29, 1.82) is 0 Å². The quantitative estimate of drug-likeness (QED) is 0.706. The SMILES string of the molecule is CC(C)c1cc(Cl)cc(C(C)C)c1NC(=O)NS(=O)(=O)c1cnc(N(C)C)nc1. The molecule has 10 heteroatoms. The van der Waals surface area contributed by atoms with Crippen LogP contribution in [0.5, 0.6) is 0 Å². The van der Waals surface area contributed by atoms with E-state index in [0.717, 1.165) is 23.5 Å². The van der Waals surface area contributed by atoms with E-state index in [-0.39, 0.29) is 16.7 Å². The highest BCUT2D eigenvalue weighted by Crippen LogP contribution is 2.35. The summed E-state index contributed by atoms with van der Waals surface area (Å²) in [6.07, 6.45) is 2.30. The third-order valence-corrected chi connectivity index (χ3v) is 5.70. The minimum atomic E-state index is -4.13. The number of amides is 2. The Bertz CT molecular complexity index is 960. The molecule has 2 N–H and O–H groups in total. The van der Waals surface area contributed by atoms with Gasteiger partial charge in [-0.05, 0) is 35.1 Å². The van der Waals surface area contributed by atoms with Crippen LogP contribution in [0.4, 0.5) is 16.4 Å². The number of rotatable bonds is 6. The van der Waals surface area contributed by atoms with Crippen LogP contribution in [-0.2, 0) is 10.0 Å². The summed E-state index contributed by atoms with van der Waals surface area (Å²) in [5, 5.41) is 3.25. The highest BCUT2D eigenvalue weighted by molar-refractivity contribution is 7.90. The zero-order valence-corrected chi connectivity index (χ0v) is 18.9. The molecule has 1 aromatic carbocycles. The minimum Gasteiger partial charge on any atom is -0.347 e. The molecule has 0 saturated heterocycles. The number of urea groups is 1. The van der Waals surface area contributed by atoms with Gasteiger partial charge in [-0.15, -0.1) is 0 Å². The van der Waals surface area contributed by atoms with Gasteiger partial charge in [0.25, 0.3) is 10.0 Å². The second-order valence-corrected chi connectivity index (χ2v) is 9.56. The van der Waals surface area contributed by atoms with Crippen LogP contribution in [0.1, 0.15) is 50.7 Å². The Hall–Kier alpha value is -2.39. The summed E-state index contributed by atoms with van der Waals surface area (Å²) in [5.74, 6) is 0.507. The van der Waals surface area contributed by atoms with E-state index in [0.29, 0.717) is 16.7 Å². The molecular weight excluding hydrogens is 414 g/mol. The number of nitrogens with one attached hydrogen (secondary N) is 2. The predicted molar refractivity (Wildman–Crippen MR) is 115 cm³/mol. The van der Waals surface area contributed by atoms with Gasteiger partial charge in [0, 0.05) is 24.8 Å². The number of hydrogen-bond donors (Lipinski definition) is 2. The van der Waals surface area contributed by atoms with E-state index in [9.17, 15) is 13.2 Å². The molecule has 2 rings (SSSR count). The van der Waals surface area contributed by atoms with Crippen LogP contribution < -0.4 is 14.9 Å². The molecule has 0 unspecified atom stereocenters. The summed E-state index contributed by atoms with van der Waals surface area (Å²) in [4.78, 5) is 21.9. The summed E-state index contributed by atoms with van der Waals surface area (Å²) < 4.78 is 27.1. The Morgan fingerprint density at radius 2 is 1.52 bits per heavy atom. The normalized spacial score (nSPS) is 11.6. The molecule has 0 aliphatic rings. The molecule has 2 aromatic rings. The molecule has 0 saturated carbocycles. The van der Waals surface area contributed by atoms with Gasteiger partial charge in [0.05, 0.1) is 12.4 Å². The van der Waals surface area contributed by atoms with Crippen molar-refractivity contribution in [2.24, 2.45) is 0 Å². The fourth-order valence-electron chi connectivity index (χ4n) is 2.70. The largest absolute Gasteiger partial charge is 0.347 e. The fraction of sp³-hybridized carbons (Fsp3) is 0.421. The zero-order valence-electron chi connectivity index (χ0n) is 17.3. The number of nitrogens with zero attached hydrogens (tertiary/aromatic N) is 3. The maximum Gasteiger partial charge on any atom is 0.333 e. The van der Waals surface area contributed by atoms with Crippen molar-refractivity contribution in [1.82, 2.24) is 14.7 Å². The number of anilines is 2. The van der Waals surface area contributed by atoms with Crippen molar-refractivity contribution >= 4 is 39.3 Å². The molecule has 0 spiro atoms. The fourth-order valence-corrected chi connectivity index (χ4v) is 3.73. The molecule has 0 bridgehead atoms. The summed E-state index contributed by atoms with van der Waals surface area (Å²) in [5.41, 5.74) is 2.21. The summed E-state index contributed by atoms with van der Waals surface area (Å²) in [6.45, 7) is 7.89. The van der Waals surface area contributed by atoms with Crippen molar-refractivity contribution in [3.63, 3.8) is 0 Å². The van der Waals surface area contributed by atoms with Gasteiger partial charge in [-0.2, -0.15) is 0 Å². The molecule has 29 heavy (non-hydrogen) atoms. The van der Waals surface area contributed by atoms with E-state index >= 15 is 0 Å². The Labute approximate surface area is 176 Å². The van der Waals surface area contributed by atoms with Gasteiger partial charge < -0.3 is 10.2 Å². The topological polar surface area (TPSA) is 104 Å². The van der Waals surface area contributed by atoms with Gasteiger partial charge in [0.1, 0.15) is 4.90 Å². The van der Waals surface area contributed by atoms with E-state index in [4.69, 9.17) is 11.6 Å². The number of carbonyl (C=O) groups excluding carboxylic acids is 1. The number of hydrogen-bond acceptors (Lipinski definition) is 6. The van der Waals surface area contributed by atoms with Crippen molar-refractivity contribution in [2.75, 3.05) is 24.3 Å². The standard InChI is InChI=1S/C19H26ClN5O3S/c1-11(2)15-7-13(20)8-16(12(3)4)17(15)23-19(26)24-29(27,28)14-9-21-18(22-10-14)25(5)6/h7-12H,1-6H3,(H2,23,24,26). The maximum absolute atomic E-state index is 12.5. The van der Waals surface area contributed by atoms with Crippen molar-refractivity contribution in [3.8, 4) is 0 Å². The first-order valence-electron chi connectivity index (χ1n) is 9.09. The van der Waals surface area contributed by atoms with Crippen LogP contribution in [0.3, 0.4) is 0 Å². The number of sulfonamides is 1. The van der Waals surface area contributed by atoms with Gasteiger partial charge in [0.15, 0.2) is 0 Å². The predicted octanol–water partition coefficient (Wildman–Crippen LogP) is 3.95. The lowest BCUT2D eigenvalue weighted by Crippen LogP contribution is -2.35. The summed E-state index contributed by atoms with van der Waals surface area (Å²) in [6, 6.07) is 2.68. The number of halogens is 1. The van der Waals surface area contributed by atoms with Crippen LogP contribution in [0.25, 0.3) is 0 Å². The van der Waals surface area contributed by atoms with E-state index in [1.807, 2.05) is 32.4 Å². The minimum absolute atomic E-state index is 0.0742. The molecule has 0 fully saturated rings. The molecule has 1 heterocycles. The molecule has 0 aliphatic carbocycles. The molecule has 0 aliphatic heterocycles. The lowest BCUT2D eigenvalue weighted by Gasteiger charge is -2.21. The maximum atomic E-state index is 12.5. The van der Waals surface area contributed by atoms with Crippen molar-refractivity contribution < 1.29 is 13.2 Å². The van der Waals surface area contributed by atoms with Gasteiger partial charge in [-0.3, -0.25) is 0 Å². The van der Waals surface area contributed by atoms with Crippen molar-refractivity contribution in [3.05, 3.63) is 40.7 Å². The van der Waals surface area contributed by atoms with E-state index in [2.05, 4.69) is 15.3 Å². The van der Waals surface area contributed by atoms with Crippen LogP contribution in [0.2, 0.25) is 5.02 Å². The van der Waals surface area contributed by atoms with Crippen LogP contribution >= 0.6 is 11.6 Å². The third kappa shape index (κ3) is 5.57. The summed E-state index contributed by atoms with van der Waals surface area (Å²) in [7, 11) is -0.656. The average Bonchev–Trinajstić information content (AvgIpc) is 2.62. The summed E-state index contributed by atoms with van der Waals surface area (Å²) >= 11 is 6.23. The first kappa shape index (κ1) is 22.9. The Balaban J connectivity index is 2.30. The third-order valence-electron chi connectivity index (χ3n) is 4.20. The first-order valence-corrected chi connectivity index (χ1v) is 10.9. The smallest absolute Gasteiger partial charge is 0.333 e. The zero-order chi connectivity index (χ0) is 21.9. The van der Waals surface area contributed by atoms with Gasteiger partial charge in [-0.1, -0.05) is 39.3 Å². The lowest BCUT2D eigenvalue weighted by molar-refractivity contribution is 0.256. The molecule has 0 atom stereocenters. The van der Waals surface area contributed by atoms with Crippen LogP contribution in [0.15, 0.2) is 29.4 Å². The van der Waals surface area contributed by atoms with Crippen molar-refractivity contribution in [2.45, 2.75) is 44.4 Å². The molecule has 158 valence electrons. The Morgan fingerprint density at radius 3 is 1.93 bits per heavy atom. The highest BCUT2D eigenvalue weighted by atomic mass is 35.5. The lowest BCUT2D eigenvalue weighted by atomic mass is 9.92. The Kier molecular flexibility index (Phi) is 7.07. The molecular formula is C19H26ClN5O3S. The molecule has 2 amide bonds. The molecule has 8 nitrogen and oxygen atoms in total. The highest BCUT2D eigenvalue weighted by Gasteiger charge is 2.22. The second-order valence-electron chi connectivity index (χ2n) is 7.44. The Morgan fingerprint density at radius 1 is 1.03 bits per heavy atom. The number of aromatic nitrogens is 2. The number of benzene rings is 1. The van der Waals surface area contributed by atoms with Gasteiger partial charge in [-0.25, -0.2) is 27.9 Å². The van der Waals surface area contributed by atoms with E-state index in [1.165, 1.54) is 0 Å². The van der Waals surface area contributed by atoms with Crippen LogP contribution in [0, 0.1) is 0 Å². The monoisotopic (exact) mass is 439 g/mol.